The summed E-state index contributed by atoms with van der Waals surface area (Å²) >= 11 is 0. The van der Waals surface area contributed by atoms with E-state index in [1.807, 2.05) is 13.8 Å². The number of primary amides is 1. The number of nitrogens with zero attached hydrogens (tertiary/aromatic N) is 2. The van der Waals surface area contributed by atoms with E-state index >= 15 is 0 Å². The van der Waals surface area contributed by atoms with Crippen molar-refractivity contribution >= 4 is 5.91 Å². The number of carbonyl (C=O) groups excluding carboxylic acids is 1. The quantitative estimate of drug-likeness (QED) is 0.723. The molecule has 0 aliphatic carbocycles. The smallest absolute Gasteiger partial charge is 0.239 e. The van der Waals surface area contributed by atoms with E-state index in [1.54, 1.807) is 4.68 Å². The van der Waals surface area contributed by atoms with Gasteiger partial charge in [0.25, 0.3) is 0 Å². The predicted molar refractivity (Wildman–Crippen MR) is 58.3 cm³/mol. The van der Waals surface area contributed by atoms with Crippen molar-refractivity contribution in [2.45, 2.75) is 33.9 Å². The molecule has 0 unspecified atom stereocenters. The van der Waals surface area contributed by atoms with Gasteiger partial charge in [-0.15, -0.1) is 0 Å². The first-order chi connectivity index (χ1) is 7.06. The van der Waals surface area contributed by atoms with Gasteiger partial charge in [-0.05, 0) is 20.4 Å². The third kappa shape index (κ3) is 2.79. The first-order valence-corrected chi connectivity index (χ1v) is 5.08. The van der Waals surface area contributed by atoms with Gasteiger partial charge in [-0.25, -0.2) is 0 Å². The standard InChI is InChI=1S/C10H18N4O/c1-4-12-5-9-7(2)13-14(8(9)3)6-10(11)15/h12H,4-6H2,1-3H3,(H2,11,15). The van der Waals surface area contributed by atoms with Gasteiger partial charge in [0.2, 0.25) is 5.91 Å². The maximum Gasteiger partial charge on any atom is 0.239 e. The summed E-state index contributed by atoms with van der Waals surface area (Å²) in [4.78, 5) is 10.8. The normalized spacial score (nSPS) is 10.6. The van der Waals surface area contributed by atoms with Crippen molar-refractivity contribution in [1.29, 1.82) is 0 Å². The Kier molecular flexibility index (Phi) is 3.85. The molecule has 1 aromatic rings. The molecule has 15 heavy (non-hydrogen) atoms. The summed E-state index contributed by atoms with van der Waals surface area (Å²) in [5, 5.41) is 7.52. The third-order valence-corrected chi connectivity index (χ3v) is 2.39. The van der Waals surface area contributed by atoms with Crippen LogP contribution in [0.3, 0.4) is 0 Å². The maximum atomic E-state index is 10.8. The summed E-state index contributed by atoms with van der Waals surface area (Å²) < 4.78 is 1.66. The zero-order valence-corrected chi connectivity index (χ0v) is 9.50. The Hall–Kier alpha value is -1.36. The number of nitrogens with one attached hydrogen (secondary N) is 1. The Morgan fingerprint density at radius 1 is 1.53 bits per heavy atom. The Labute approximate surface area is 89.6 Å². The van der Waals surface area contributed by atoms with E-state index in [-0.39, 0.29) is 12.5 Å². The van der Waals surface area contributed by atoms with Crippen LogP contribution < -0.4 is 11.1 Å². The van der Waals surface area contributed by atoms with Crippen molar-refractivity contribution < 1.29 is 4.79 Å². The van der Waals surface area contributed by atoms with E-state index in [2.05, 4.69) is 17.3 Å². The number of hydrogen-bond donors (Lipinski definition) is 2. The van der Waals surface area contributed by atoms with Crippen molar-refractivity contribution in [2.75, 3.05) is 6.54 Å². The van der Waals surface area contributed by atoms with Gasteiger partial charge in [-0.2, -0.15) is 5.10 Å². The molecule has 0 radical (unpaired) electrons. The second kappa shape index (κ2) is 4.93. The van der Waals surface area contributed by atoms with Crippen molar-refractivity contribution in [1.82, 2.24) is 15.1 Å². The molecule has 0 atom stereocenters. The van der Waals surface area contributed by atoms with Crippen LogP contribution in [0.15, 0.2) is 0 Å². The van der Waals surface area contributed by atoms with Crippen molar-refractivity contribution in [3.05, 3.63) is 17.0 Å². The van der Waals surface area contributed by atoms with Crippen molar-refractivity contribution in [2.24, 2.45) is 5.73 Å². The second-order valence-electron chi connectivity index (χ2n) is 3.55. The summed E-state index contributed by atoms with van der Waals surface area (Å²) in [6, 6.07) is 0. The molecule has 0 saturated carbocycles. The molecule has 1 amide bonds. The fraction of sp³-hybridized carbons (Fsp3) is 0.600. The minimum absolute atomic E-state index is 0.152. The highest BCUT2D eigenvalue weighted by Gasteiger charge is 2.11. The van der Waals surface area contributed by atoms with E-state index in [0.717, 1.165) is 30.0 Å². The van der Waals surface area contributed by atoms with E-state index in [4.69, 9.17) is 5.73 Å². The van der Waals surface area contributed by atoms with Gasteiger partial charge in [0.15, 0.2) is 0 Å². The molecule has 0 aliphatic rings. The van der Waals surface area contributed by atoms with Crippen LogP contribution in [0, 0.1) is 13.8 Å². The second-order valence-corrected chi connectivity index (χ2v) is 3.55. The molecule has 0 fully saturated rings. The van der Waals surface area contributed by atoms with E-state index in [0.29, 0.717) is 0 Å². The van der Waals surface area contributed by atoms with Gasteiger partial charge in [-0.1, -0.05) is 6.92 Å². The first kappa shape index (κ1) is 11.7. The number of aryl methyl sites for hydroxylation is 1. The number of hydrogen-bond acceptors (Lipinski definition) is 3. The Bertz CT molecular complexity index is 357. The van der Waals surface area contributed by atoms with Crippen LogP contribution >= 0.6 is 0 Å². The fourth-order valence-electron chi connectivity index (χ4n) is 1.54. The first-order valence-electron chi connectivity index (χ1n) is 5.08. The van der Waals surface area contributed by atoms with Crippen molar-refractivity contribution in [3.63, 3.8) is 0 Å². The van der Waals surface area contributed by atoms with Gasteiger partial charge in [0, 0.05) is 17.8 Å². The van der Waals surface area contributed by atoms with Gasteiger partial charge < -0.3 is 11.1 Å². The lowest BCUT2D eigenvalue weighted by atomic mass is 10.2. The molecule has 5 heteroatoms. The van der Waals surface area contributed by atoms with Crippen molar-refractivity contribution in [3.8, 4) is 0 Å². The molecule has 0 spiro atoms. The van der Waals surface area contributed by atoms with Crippen LogP contribution in [0.1, 0.15) is 23.9 Å². The lowest BCUT2D eigenvalue weighted by molar-refractivity contribution is -0.118. The molecule has 0 bridgehead atoms. The van der Waals surface area contributed by atoms with Gasteiger partial charge in [-0.3, -0.25) is 9.48 Å². The average molecular weight is 210 g/mol. The molecular formula is C10H18N4O. The number of rotatable bonds is 5. The van der Waals surface area contributed by atoms with Crippen LogP contribution in [0.4, 0.5) is 0 Å². The molecule has 84 valence electrons. The van der Waals surface area contributed by atoms with E-state index < -0.39 is 0 Å². The maximum absolute atomic E-state index is 10.8. The molecule has 0 aromatic carbocycles. The van der Waals surface area contributed by atoms with Crippen LogP contribution in [0.25, 0.3) is 0 Å². The Balaban J connectivity index is 2.87. The van der Waals surface area contributed by atoms with Crippen LogP contribution in [-0.4, -0.2) is 22.2 Å². The van der Waals surface area contributed by atoms with Gasteiger partial charge in [0.05, 0.1) is 5.69 Å². The highest BCUT2D eigenvalue weighted by atomic mass is 16.1. The average Bonchev–Trinajstić information content (AvgIpc) is 2.39. The minimum Gasteiger partial charge on any atom is -0.368 e. The molecule has 0 aliphatic heterocycles. The fourth-order valence-corrected chi connectivity index (χ4v) is 1.54. The molecular weight excluding hydrogens is 192 g/mol. The summed E-state index contributed by atoms with van der Waals surface area (Å²) in [6.07, 6.45) is 0. The molecule has 3 N–H and O–H groups in total. The van der Waals surface area contributed by atoms with Gasteiger partial charge >= 0.3 is 0 Å². The highest BCUT2D eigenvalue weighted by Crippen LogP contribution is 2.12. The summed E-state index contributed by atoms with van der Waals surface area (Å²) in [5.74, 6) is -0.365. The highest BCUT2D eigenvalue weighted by molar-refractivity contribution is 5.73. The van der Waals surface area contributed by atoms with Crippen LogP contribution in [0.5, 0.6) is 0 Å². The van der Waals surface area contributed by atoms with E-state index in [1.165, 1.54) is 0 Å². The summed E-state index contributed by atoms with van der Waals surface area (Å²) in [6.45, 7) is 7.80. The SMILES string of the molecule is CCNCc1c(C)nn(CC(N)=O)c1C. The number of amides is 1. The molecule has 0 saturated heterocycles. The summed E-state index contributed by atoms with van der Waals surface area (Å²) in [7, 11) is 0. The molecule has 1 rings (SSSR count). The lowest BCUT2D eigenvalue weighted by Crippen LogP contribution is -2.20. The topological polar surface area (TPSA) is 72.9 Å². The predicted octanol–water partition coefficient (Wildman–Crippen LogP) is 0.0947. The van der Waals surface area contributed by atoms with E-state index in [9.17, 15) is 4.79 Å². The minimum atomic E-state index is -0.365. The number of nitrogens with two attached hydrogens (primary N) is 1. The van der Waals surface area contributed by atoms with Crippen LogP contribution in [0.2, 0.25) is 0 Å². The zero-order chi connectivity index (χ0) is 11.4. The summed E-state index contributed by atoms with van der Waals surface area (Å²) in [5.41, 5.74) is 8.25. The monoisotopic (exact) mass is 210 g/mol. The third-order valence-electron chi connectivity index (χ3n) is 2.39. The Morgan fingerprint density at radius 3 is 2.73 bits per heavy atom. The zero-order valence-electron chi connectivity index (χ0n) is 9.50. The van der Waals surface area contributed by atoms with Gasteiger partial charge in [0.1, 0.15) is 6.54 Å². The number of carbonyl (C=O) groups is 1. The number of aromatic nitrogens is 2. The molecule has 5 nitrogen and oxygen atoms in total. The molecule has 1 aromatic heterocycles. The largest absolute Gasteiger partial charge is 0.368 e. The van der Waals surface area contributed by atoms with Crippen LogP contribution in [-0.2, 0) is 17.9 Å². The Morgan fingerprint density at radius 2 is 2.20 bits per heavy atom. The molecule has 1 heterocycles. The lowest BCUT2D eigenvalue weighted by Gasteiger charge is -2.03.